The van der Waals surface area contributed by atoms with Gasteiger partial charge in [-0.1, -0.05) is 12.2 Å². The molecule has 0 spiro atoms. The molecule has 0 heterocycles. The summed E-state index contributed by atoms with van der Waals surface area (Å²) in [4.78, 5) is 22.0. The molecule has 0 fully saturated rings. The third-order valence-corrected chi connectivity index (χ3v) is 1.51. The van der Waals surface area contributed by atoms with Gasteiger partial charge in [0.15, 0.2) is 0 Å². The molecule has 6 nitrogen and oxygen atoms in total. The van der Waals surface area contributed by atoms with Crippen molar-refractivity contribution < 1.29 is 9.59 Å². The molecule has 0 aliphatic carbocycles. The first-order valence-corrected chi connectivity index (χ1v) is 4.96. The van der Waals surface area contributed by atoms with Crippen molar-refractivity contribution in [3.63, 3.8) is 0 Å². The standard InChI is InChI=1S/C10H18N4O2/c1-3-5-11-9(15)13-7-8-14-10(16)12-6-4-2/h3-4H,1-2,5-8H2,(H2,11,13,15)(H2,12,14,16). The molecule has 0 saturated carbocycles. The first kappa shape index (κ1) is 14.0. The molecule has 90 valence electrons. The summed E-state index contributed by atoms with van der Waals surface area (Å²) in [6, 6.07) is -0.568. The van der Waals surface area contributed by atoms with Crippen molar-refractivity contribution in [1.82, 2.24) is 21.3 Å². The Balaban J connectivity index is 3.37. The van der Waals surface area contributed by atoms with Crippen molar-refractivity contribution in [3.8, 4) is 0 Å². The van der Waals surface area contributed by atoms with E-state index in [2.05, 4.69) is 34.4 Å². The molecule has 0 atom stereocenters. The maximum atomic E-state index is 11.0. The van der Waals surface area contributed by atoms with Crippen LogP contribution in [-0.2, 0) is 0 Å². The predicted molar refractivity (Wildman–Crippen MR) is 63.2 cm³/mol. The van der Waals surface area contributed by atoms with E-state index in [1.807, 2.05) is 0 Å². The second-order valence-corrected chi connectivity index (χ2v) is 2.85. The van der Waals surface area contributed by atoms with Gasteiger partial charge in [0.2, 0.25) is 0 Å². The number of nitrogens with one attached hydrogen (secondary N) is 4. The molecule has 0 aliphatic heterocycles. The molecule has 0 aromatic rings. The van der Waals surface area contributed by atoms with Gasteiger partial charge in [-0.15, -0.1) is 13.2 Å². The minimum atomic E-state index is -0.284. The summed E-state index contributed by atoms with van der Waals surface area (Å²) in [6.45, 7) is 8.49. The van der Waals surface area contributed by atoms with Crippen LogP contribution >= 0.6 is 0 Å². The van der Waals surface area contributed by atoms with Gasteiger partial charge < -0.3 is 21.3 Å². The lowest BCUT2D eigenvalue weighted by Crippen LogP contribution is -2.42. The van der Waals surface area contributed by atoms with Crippen LogP contribution in [0, 0.1) is 0 Å². The molecular weight excluding hydrogens is 208 g/mol. The topological polar surface area (TPSA) is 82.3 Å². The Morgan fingerprint density at radius 2 is 1.19 bits per heavy atom. The predicted octanol–water partition coefficient (Wildman–Crippen LogP) is -0.0432. The molecule has 4 amide bonds. The molecule has 0 aromatic carbocycles. The summed E-state index contributed by atoms with van der Waals surface area (Å²) in [5.74, 6) is 0. The minimum Gasteiger partial charge on any atom is -0.336 e. The van der Waals surface area contributed by atoms with Crippen molar-refractivity contribution in [3.05, 3.63) is 25.3 Å². The quantitative estimate of drug-likeness (QED) is 0.363. The van der Waals surface area contributed by atoms with Gasteiger partial charge in [-0.3, -0.25) is 0 Å². The maximum Gasteiger partial charge on any atom is 0.315 e. The van der Waals surface area contributed by atoms with Crippen molar-refractivity contribution >= 4 is 12.1 Å². The fourth-order valence-corrected chi connectivity index (χ4v) is 0.807. The van der Waals surface area contributed by atoms with Gasteiger partial charge in [-0.05, 0) is 0 Å². The van der Waals surface area contributed by atoms with Crippen molar-refractivity contribution in [2.75, 3.05) is 26.2 Å². The summed E-state index contributed by atoms with van der Waals surface area (Å²) >= 11 is 0. The number of hydrogen-bond donors (Lipinski definition) is 4. The molecule has 16 heavy (non-hydrogen) atoms. The third-order valence-electron chi connectivity index (χ3n) is 1.51. The summed E-state index contributed by atoms with van der Waals surface area (Å²) in [7, 11) is 0. The summed E-state index contributed by atoms with van der Waals surface area (Å²) in [6.07, 6.45) is 3.17. The molecule has 0 unspecified atom stereocenters. The molecule has 4 N–H and O–H groups in total. The highest BCUT2D eigenvalue weighted by molar-refractivity contribution is 5.75. The summed E-state index contributed by atoms with van der Waals surface area (Å²) < 4.78 is 0. The third kappa shape index (κ3) is 8.61. The van der Waals surface area contributed by atoms with Crippen molar-refractivity contribution in [2.24, 2.45) is 0 Å². The maximum absolute atomic E-state index is 11.0. The average Bonchev–Trinajstić information content (AvgIpc) is 2.29. The zero-order valence-corrected chi connectivity index (χ0v) is 9.21. The Kier molecular flexibility index (Phi) is 8.39. The monoisotopic (exact) mass is 226 g/mol. The molecule has 0 saturated heterocycles. The van der Waals surface area contributed by atoms with Crippen molar-refractivity contribution in [2.45, 2.75) is 0 Å². The number of carbonyl (C=O) groups excluding carboxylic acids is 2. The van der Waals surface area contributed by atoms with E-state index in [4.69, 9.17) is 0 Å². The van der Waals surface area contributed by atoms with Gasteiger partial charge in [0.25, 0.3) is 0 Å². The van der Waals surface area contributed by atoms with Gasteiger partial charge in [-0.2, -0.15) is 0 Å². The molecular formula is C10H18N4O2. The molecule has 0 rings (SSSR count). The largest absolute Gasteiger partial charge is 0.336 e. The summed E-state index contributed by atoms with van der Waals surface area (Å²) in [5, 5.41) is 10.2. The Bertz CT molecular complexity index is 227. The first-order valence-electron chi connectivity index (χ1n) is 4.96. The van der Waals surface area contributed by atoms with Crippen LogP contribution in [0.3, 0.4) is 0 Å². The summed E-state index contributed by atoms with van der Waals surface area (Å²) in [5.41, 5.74) is 0. The van der Waals surface area contributed by atoms with Gasteiger partial charge in [0.1, 0.15) is 0 Å². The number of rotatable bonds is 7. The highest BCUT2D eigenvalue weighted by Crippen LogP contribution is 1.68. The lowest BCUT2D eigenvalue weighted by Gasteiger charge is -2.07. The van der Waals surface area contributed by atoms with E-state index in [0.717, 1.165) is 0 Å². The van der Waals surface area contributed by atoms with Gasteiger partial charge >= 0.3 is 12.1 Å². The number of amides is 4. The molecule has 0 bridgehead atoms. The first-order chi connectivity index (χ1) is 7.70. The molecule has 6 heteroatoms. The fraction of sp³-hybridized carbons (Fsp3) is 0.400. The number of carbonyl (C=O) groups is 2. The molecule has 0 aliphatic rings. The van der Waals surface area contributed by atoms with E-state index >= 15 is 0 Å². The smallest absolute Gasteiger partial charge is 0.315 e. The normalized spacial score (nSPS) is 8.75. The van der Waals surface area contributed by atoms with Crippen LogP contribution in [0.25, 0.3) is 0 Å². The van der Waals surface area contributed by atoms with Crippen molar-refractivity contribution in [1.29, 1.82) is 0 Å². The van der Waals surface area contributed by atoms with Crippen LogP contribution in [0.15, 0.2) is 25.3 Å². The van der Waals surface area contributed by atoms with Crippen LogP contribution < -0.4 is 21.3 Å². The zero-order chi connectivity index (χ0) is 12.2. The van der Waals surface area contributed by atoms with Crippen LogP contribution in [0.1, 0.15) is 0 Å². The second kappa shape index (κ2) is 9.57. The van der Waals surface area contributed by atoms with Crippen LogP contribution in [0.4, 0.5) is 9.59 Å². The lowest BCUT2D eigenvalue weighted by atomic mass is 10.6. The van der Waals surface area contributed by atoms with E-state index < -0.39 is 0 Å². The Morgan fingerprint density at radius 3 is 1.50 bits per heavy atom. The van der Waals surface area contributed by atoms with E-state index in [-0.39, 0.29) is 12.1 Å². The van der Waals surface area contributed by atoms with Gasteiger partial charge in [-0.25, -0.2) is 9.59 Å². The highest BCUT2D eigenvalue weighted by Gasteiger charge is 1.98. The van der Waals surface area contributed by atoms with Crippen LogP contribution in [0.2, 0.25) is 0 Å². The van der Waals surface area contributed by atoms with Crippen LogP contribution in [-0.4, -0.2) is 38.2 Å². The second-order valence-electron chi connectivity index (χ2n) is 2.85. The lowest BCUT2D eigenvalue weighted by molar-refractivity contribution is 0.237. The van der Waals surface area contributed by atoms with Gasteiger partial charge in [0.05, 0.1) is 0 Å². The average molecular weight is 226 g/mol. The van der Waals surface area contributed by atoms with E-state index in [0.29, 0.717) is 26.2 Å². The number of hydrogen-bond acceptors (Lipinski definition) is 2. The van der Waals surface area contributed by atoms with Gasteiger partial charge in [0, 0.05) is 26.2 Å². The highest BCUT2D eigenvalue weighted by atomic mass is 16.2. The zero-order valence-electron chi connectivity index (χ0n) is 9.21. The SMILES string of the molecule is C=CCNC(=O)NCCNC(=O)NCC=C. The van der Waals surface area contributed by atoms with E-state index in [1.54, 1.807) is 12.2 Å². The fourth-order valence-electron chi connectivity index (χ4n) is 0.807. The van der Waals surface area contributed by atoms with Crippen LogP contribution in [0.5, 0.6) is 0 Å². The number of urea groups is 2. The van der Waals surface area contributed by atoms with E-state index in [1.165, 1.54) is 0 Å². The minimum absolute atomic E-state index is 0.284. The Labute approximate surface area is 95.2 Å². The Hall–Kier alpha value is -1.98. The van der Waals surface area contributed by atoms with E-state index in [9.17, 15) is 9.59 Å². The molecule has 0 aromatic heterocycles. The Morgan fingerprint density at radius 1 is 0.812 bits per heavy atom. The molecule has 0 radical (unpaired) electrons.